The van der Waals surface area contributed by atoms with Crippen molar-refractivity contribution >= 4 is 21.5 Å². The van der Waals surface area contributed by atoms with E-state index in [1.807, 2.05) is 72.8 Å². The average Bonchev–Trinajstić information content (AvgIpc) is 2.67. The molecule has 0 atom stereocenters. The molecule has 0 unspecified atom stereocenters. The summed E-state index contributed by atoms with van der Waals surface area (Å²) in [5, 5.41) is 4.02. The van der Waals surface area contributed by atoms with E-state index in [1.54, 1.807) is 14.2 Å². The quantitative estimate of drug-likeness (QED) is 0.442. The third-order valence-electron chi connectivity index (χ3n) is 4.28. The maximum absolute atomic E-state index is 5.98. The van der Waals surface area contributed by atoms with Gasteiger partial charge >= 0.3 is 0 Å². The van der Waals surface area contributed by atoms with Gasteiger partial charge in [0.15, 0.2) is 0 Å². The Morgan fingerprint density at radius 2 is 1.08 bits per heavy atom. The molecule has 3 nitrogen and oxygen atoms in total. The van der Waals surface area contributed by atoms with Crippen LogP contribution in [-0.4, -0.2) is 14.2 Å². The van der Waals surface area contributed by atoms with E-state index < -0.39 is 0 Å². The zero-order chi connectivity index (χ0) is 17.2. The topological polar surface area (TPSA) is 27.7 Å². The molecule has 124 valence electrons. The number of benzene rings is 4. The van der Waals surface area contributed by atoms with Crippen LogP contribution < -0.4 is 14.2 Å². The lowest BCUT2D eigenvalue weighted by atomic mass is 10.0. The molecular formula is C22H18O3. The maximum Gasteiger partial charge on any atom is 0.134 e. The largest absolute Gasteiger partial charge is 0.495 e. The molecule has 0 aliphatic rings. The fraction of sp³-hybridized carbons (Fsp3) is 0.0909. The SMILES string of the molecule is COc1c2ccccc2c(OC)c2cc(Oc3ccccc3)ccc12. The van der Waals surface area contributed by atoms with Crippen LogP contribution in [0.5, 0.6) is 23.0 Å². The van der Waals surface area contributed by atoms with Gasteiger partial charge in [0, 0.05) is 21.5 Å². The van der Waals surface area contributed by atoms with Gasteiger partial charge in [0.2, 0.25) is 0 Å². The average molecular weight is 330 g/mol. The molecule has 0 N–H and O–H groups in total. The van der Waals surface area contributed by atoms with Crippen LogP contribution in [0, 0.1) is 0 Å². The molecule has 0 aliphatic heterocycles. The van der Waals surface area contributed by atoms with E-state index in [9.17, 15) is 0 Å². The van der Waals surface area contributed by atoms with Gasteiger partial charge in [-0.3, -0.25) is 0 Å². The first-order chi connectivity index (χ1) is 12.3. The van der Waals surface area contributed by atoms with Crippen molar-refractivity contribution < 1.29 is 14.2 Å². The molecule has 0 bridgehead atoms. The van der Waals surface area contributed by atoms with Gasteiger partial charge in [0.25, 0.3) is 0 Å². The van der Waals surface area contributed by atoms with Gasteiger partial charge in [0.05, 0.1) is 14.2 Å². The maximum atomic E-state index is 5.98. The third-order valence-corrected chi connectivity index (χ3v) is 4.28. The predicted octanol–water partition coefficient (Wildman–Crippen LogP) is 5.80. The van der Waals surface area contributed by atoms with Crippen molar-refractivity contribution in [2.45, 2.75) is 0 Å². The normalized spacial score (nSPS) is 10.8. The van der Waals surface area contributed by atoms with Crippen molar-refractivity contribution in [3.8, 4) is 23.0 Å². The summed E-state index contributed by atoms with van der Waals surface area (Å²) in [4.78, 5) is 0. The second-order valence-corrected chi connectivity index (χ2v) is 5.73. The van der Waals surface area contributed by atoms with Gasteiger partial charge in [-0.25, -0.2) is 0 Å². The zero-order valence-electron chi connectivity index (χ0n) is 14.2. The lowest BCUT2D eigenvalue weighted by Gasteiger charge is -2.16. The second kappa shape index (κ2) is 6.36. The van der Waals surface area contributed by atoms with E-state index in [4.69, 9.17) is 14.2 Å². The zero-order valence-corrected chi connectivity index (χ0v) is 14.2. The summed E-state index contributed by atoms with van der Waals surface area (Å²) >= 11 is 0. The molecule has 25 heavy (non-hydrogen) atoms. The first-order valence-electron chi connectivity index (χ1n) is 8.11. The van der Waals surface area contributed by atoms with E-state index in [1.165, 1.54) is 0 Å². The van der Waals surface area contributed by atoms with Crippen molar-refractivity contribution in [1.29, 1.82) is 0 Å². The van der Waals surface area contributed by atoms with E-state index in [2.05, 4.69) is 0 Å². The summed E-state index contributed by atoms with van der Waals surface area (Å²) in [7, 11) is 3.39. The first-order valence-corrected chi connectivity index (χ1v) is 8.11. The summed E-state index contributed by atoms with van der Waals surface area (Å²) in [6.45, 7) is 0. The Bertz CT molecular complexity index is 1040. The van der Waals surface area contributed by atoms with Crippen LogP contribution in [0.2, 0.25) is 0 Å². The van der Waals surface area contributed by atoms with Crippen molar-refractivity contribution in [3.05, 3.63) is 72.8 Å². The van der Waals surface area contributed by atoms with Crippen molar-refractivity contribution in [2.75, 3.05) is 14.2 Å². The minimum atomic E-state index is 0.759. The van der Waals surface area contributed by atoms with Crippen LogP contribution in [-0.2, 0) is 0 Å². The van der Waals surface area contributed by atoms with Crippen molar-refractivity contribution in [1.82, 2.24) is 0 Å². The highest BCUT2D eigenvalue weighted by atomic mass is 16.5. The number of para-hydroxylation sites is 1. The number of hydrogen-bond donors (Lipinski definition) is 0. The van der Waals surface area contributed by atoms with Gasteiger partial charge in [-0.2, -0.15) is 0 Å². The molecule has 0 radical (unpaired) electrons. The molecule has 0 heterocycles. The summed E-state index contributed by atoms with van der Waals surface area (Å²) in [5.41, 5.74) is 0. The Morgan fingerprint density at radius 3 is 1.72 bits per heavy atom. The lowest BCUT2D eigenvalue weighted by Crippen LogP contribution is -1.93. The van der Waals surface area contributed by atoms with Gasteiger partial charge in [-0.1, -0.05) is 42.5 Å². The first kappa shape index (κ1) is 15.3. The van der Waals surface area contributed by atoms with Crippen LogP contribution in [0.1, 0.15) is 0 Å². The third kappa shape index (κ3) is 2.64. The minimum absolute atomic E-state index is 0.759. The number of fused-ring (bicyclic) bond motifs is 2. The van der Waals surface area contributed by atoms with Gasteiger partial charge in [-0.15, -0.1) is 0 Å². The van der Waals surface area contributed by atoms with E-state index >= 15 is 0 Å². The monoisotopic (exact) mass is 330 g/mol. The Hall–Kier alpha value is -3.20. The van der Waals surface area contributed by atoms with Gasteiger partial charge in [0.1, 0.15) is 23.0 Å². The number of ether oxygens (including phenoxy) is 3. The van der Waals surface area contributed by atoms with Crippen LogP contribution in [0.15, 0.2) is 72.8 Å². The van der Waals surface area contributed by atoms with Crippen LogP contribution >= 0.6 is 0 Å². The number of rotatable bonds is 4. The Labute approximate surface area is 146 Å². The Balaban J connectivity index is 1.96. The Kier molecular flexibility index (Phi) is 3.90. The predicted molar refractivity (Wildman–Crippen MR) is 101 cm³/mol. The molecule has 0 amide bonds. The summed E-state index contributed by atoms with van der Waals surface area (Å²) in [6, 6.07) is 23.8. The van der Waals surface area contributed by atoms with Crippen LogP contribution in [0.25, 0.3) is 21.5 Å². The molecule has 4 aromatic rings. The van der Waals surface area contributed by atoms with Crippen molar-refractivity contribution in [3.63, 3.8) is 0 Å². The molecule has 0 aliphatic carbocycles. The van der Waals surface area contributed by atoms with E-state index in [-0.39, 0.29) is 0 Å². The summed E-state index contributed by atoms with van der Waals surface area (Å²) < 4.78 is 17.4. The standard InChI is InChI=1S/C22H18O3/c1-23-21-17-10-6-7-11-18(17)22(24-2)20-14-16(12-13-19(20)21)25-15-8-4-3-5-9-15/h3-14H,1-2H3. The molecule has 0 saturated carbocycles. The van der Waals surface area contributed by atoms with Crippen LogP contribution in [0.3, 0.4) is 0 Å². The highest BCUT2D eigenvalue weighted by Gasteiger charge is 2.15. The number of methoxy groups -OCH3 is 2. The molecule has 4 rings (SSSR count). The molecule has 0 aromatic heterocycles. The molecule has 0 saturated heterocycles. The van der Waals surface area contributed by atoms with Crippen LogP contribution in [0.4, 0.5) is 0 Å². The highest BCUT2D eigenvalue weighted by Crippen LogP contribution is 2.43. The van der Waals surface area contributed by atoms with Gasteiger partial charge < -0.3 is 14.2 Å². The molecule has 0 spiro atoms. The fourth-order valence-corrected chi connectivity index (χ4v) is 3.21. The fourth-order valence-electron chi connectivity index (χ4n) is 3.21. The second-order valence-electron chi connectivity index (χ2n) is 5.73. The Morgan fingerprint density at radius 1 is 0.520 bits per heavy atom. The van der Waals surface area contributed by atoms with E-state index in [0.29, 0.717) is 0 Å². The summed E-state index contributed by atoms with van der Waals surface area (Å²) in [6.07, 6.45) is 0. The highest BCUT2D eigenvalue weighted by molar-refractivity contribution is 6.11. The minimum Gasteiger partial charge on any atom is -0.495 e. The number of hydrogen-bond acceptors (Lipinski definition) is 3. The molecular weight excluding hydrogens is 312 g/mol. The van der Waals surface area contributed by atoms with Gasteiger partial charge in [-0.05, 0) is 30.3 Å². The lowest BCUT2D eigenvalue weighted by molar-refractivity contribution is 0.417. The summed E-state index contributed by atoms with van der Waals surface area (Å²) in [5.74, 6) is 3.23. The molecule has 3 heteroatoms. The van der Waals surface area contributed by atoms with E-state index in [0.717, 1.165) is 44.5 Å². The molecule has 4 aromatic carbocycles. The van der Waals surface area contributed by atoms with Crippen molar-refractivity contribution in [2.24, 2.45) is 0 Å². The smallest absolute Gasteiger partial charge is 0.134 e. The molecule has 0 fully saturated rings.